The molecule has 0 unspecified atom stereocenters. The first-order chi connectivity index (χ1) is 11.3. The Morgan fingerprint density at radius 2 is 1.75 bits per heavy atom. The molecule has 3 fully saturated rings. The Kier molecular flexibility index (Phi) is 4.85. The Morgan fingerprint density at radius 1 is 1.08 bits per heavy atom. The lowest BCUT2D eigenvalue weighted by atomic mass is 9.94. The third kappa shape index (κ3) is 3.73. The van der Waals surface area contributed by atoms with Crippen LogP contribution in [-0.2, 0) is 24.2 Å². The number of likely N-dealkylation sites (tertiary alicyclic amines) is 1. The average Bonchev–Trinajstić information content (AvgIpc) is 2.57. The summed E-state index contributed by atoms with van der Waals surface area (Å²) < 4.78 is 29.0. The largest absolute Gasteiger partial charge is 0.391 e. The van der Waals surface area contributed by atoms with Gasteiger partial charge in [0.25, 0.3) is 0 Å². The molecular weight excluding hydrogens is 336 g/mol. The number of ether oxygens (including phenoxy) is 1. The van der Waals surface area contributed by atoms with Gasteiger partial charge < -0.3 is 19.6 Å². The van der Waals surface area contributed by atoms with E-state index < -0.39 is 33.4 Å². The highest BCUT2D eigenvalue weighted by atomic mass is 32.2. The normalized spacial score (nSPS) is 29.5. The molecule has 0 aromatic carbocycles. The molecule has 8 nitrogen and oxygen atoms in total. The number of nitrogens with zero attached hydrogens (tertiary/aromatic N) is 2. The van der Waals surface area contributed by atoms with Crippen LogP contribution < -0.4 is 0 Å². The van der Waals surface area contributed by atoms with Gasteiger partial charge in [-0.15, -0.1) is 0 Å². The number of aliphatic hydroxyl groups is 1. The zero-order valence-electron chi connectivity index (χ0n) is 13.6. The second kappa shape index (κ2) is 6.61. The number of morpholine rings is 1. The molecule has 0 saturated carbocycles. The summed E-state index contributed by atoms with van der Waals surface area (Å²) in [6.45, 7) is 1.56. The standard InChI is InChI=1S/C15H24N2O6S/c18-12-2-1-5-16(10-12)13(19)14(20)17-6-7-23-15(11-17)3-8-24(21,22)9-4-15/h12,18H,1-11H2/t12-/m0/s1. The summed E-state index contributed by atoms with van der Waals surface area (Å²) in [5, 5.41) is 9.67. The predicted molar refractivity (Wildman–Crippen MR) is 85.0 cm³/mol. The monoisotopic (exact) mass is 360 g/mol. The van der Waals surface area contributed by atoms with Crippen LogP contribution in [0.4, 0.5) is 0 Å². The van der Waals surface area contributed by atoms with Crippen LogP contribution in [0.1, 0.15) is 25.7 Å². The number of carbonyl (C=O) groups excluding carboxylic acids is 2. The predicted octanol–water partition coefficient (Wildman–Crippen LogP) is -1.22. The van der Waals surface area contributed by atoms with Gasteiger partial charge in [0.1, 0.15) is 0 Å². The van der Waals surface area contributed by atoms with Crippen LogP contribution in [0.25, 0.3) is 0 Å². The molecule has 0 aromatic heterocycles. The van der Waals surface area contributed by atoms with Crippen LogP contribution in [-0.4, -0.2) is 91.1 Å². The van der Waals surface area contributed by atoms with Crippen molar-refractivity contribution in [2.75, 3.05) is 44.3 Å². The second-order valence-corrected chi connectivity index (χ2v) is 9.26. The molecule has 3 rings (SSSR count). The fourth-order valence-corrected chi connectivity index (χ4v) is 5.21. The van der Waals surface area contributed by atoms with E-state index in [2.05, 4.69) is 0 Å². The number of carbonyl (C=O) groups is 2. The number of hydrogen-bond donors (Lipinski definition) is 1. The first-order valence-corrected chi connectivity index (χ1v) is 10.2. The van der Waals surface area contributed by atoms with Crippen LogP contribution in [0.5, 0.6) is 0 Å². The molecule has 3 heterocycles. The highest BCUT2D eigenvalue weighted by Crippen LogP contribution is 2.31. The molecule has 1 N–H and O–H groups in total. The van der Waals surface area contributed by atoms with E-state index in [4.69, 9.17) is 4.74 Å². The molecule has 0 aromatic rings. The zero-order chi connectivity index (χ0) is 17.4. The van der Waals surface area contributed by atoms with E-state index >= 15 is 0 Å². The van der Waals surface area contributed by atoms with Gasteiger partial charge in [0.05, 0.1) is 36.4 Å². The first-order valence-electron chi connectivity index (χ1n) is 8.41. The van der Waals surface area contributed by atoms with Gasteiger partial charge in [-0.25, -0.2) is 8.42 Å². The molecule has 3 aliphatic heterocycles. The summed E-state index contributed by atoms with van der Waals surface area (Å²) in [6.07, 6.45) is 1.47. The molecule has 0 radical (unpaired) electrons. The van der Waals surface area contributed by atoms with Crippen molar-refractivity contribution in [1.29, 1.82) is 0 Å². The van der Waals surface area contributed by atoms with Crippen molar-refractivity contribution in [1.82, 2.24) is 9.80 Å². The number of piperidine rings is 1. The SMILES string of the molecule is O=C(C(=O)N1CCOC2(CCS(=O)(=O)CC2)C1)N1CCC[C@H](O)C1. The van der Waals surface area contributed by atoms with Gasteiger partial charge >= 0.3 is 11.8 Å². The minimum Gasteiger partial charge on any atom is -0.391 e. The smallest absolute Gasteiger partial charge is 0.312 e. The lowest BCUT2D eigenvalue weighted by Gasteiger charge is -2.44. The van der Waals surface area contributed by atoms with Crippen molar-refractivity contribution >= 4 is 21.7 Å². The fraction of sp³-hybridized carbons (Fsp3) is 0.867. The summed E-state index contributed by atoms with van der Waals surface area (Å²) in [6, 6.07) is 0. The maximum atomic E-state index is 12.5. The van der Waals surface area contributed by atoms with E-state index in [9.17, 15) is 23.1 Å². The quantitative estimate of drug-likeness (QED) is 0.543. The van der Waals surface area contributed by atoms with Crippen LogP contribution in [0, 0.1) is 0 Å². The van der Waals surface area contributed by atoms with Crippen LogP contribution in [0.3, 0.4) is 0 Å². The molecule has 136 valence electrons. The molecule has 3 saturated heterocycles. The maximum Gasteiger partial charge on any atom is 0.312 e. The maximum absolute atomic E-state index is 12.5. The van der Waals surface area contributed by atoms with Gasteiger partial charge in [-0.1, -0.05) is 0 Å². The molecule has 1 spiro atoms. The number of rotatable bonds is 0. The highest BCUT2D eigenvalue weighted by molar-refractivity contribution is 7.91. The Morgan fingerprint density at radius 3 is 2.42 bits per heavy atom. The second-order valence-electron chi connectivity index (χ2n) is 6.96. The Bertz CT molecular complexity index is 605. The summed E-state index contributed by atoms with van der Waals surface area (Å²) >= 11 is 0. The molecule has 3 aliphatic rings. The molecular formula is C15H24N2O6S. The van der Waals surface area contributed by atoms with E-state index in [1.807, 2.05) is 0 Å². The number of β-amino-alcohol motifs (C(OH)–C–C–N with tert-alkyl or cyclic N) is 1. The first kappa shape index (κ1) is 17.6. The van der Waals surface area contributed by atoms with Crippen LogP contribution >= 0.6 is 0 Å². The van der Waals surface area contributed by atoms with Gasteiger partial charge in [0, 0.05) is 19.6 Å². The Labute approximate surface area is 141 Å². The number of amides is 2. The van der Waals surface area contributed by atoms with Crippen molar-refractivity contribution in [3.63, 3.8) is 0 Å². The number of sulfone groups is 1. The van der Waals surface area contributed by atoms with Crippen LogP contribution in [0.15, 0.2) is 0 Å². The molecule has 0 aliphatic carbocycles. The molecule has 0 bridgehead atoms. The van der Waals surface area contributed by atoms with Crippen molar-refractivity contribution in [2.24, 2.45) is 0 Å². The summed E-state index contributed by atoms with van der Waals surface area (Å²) in [5.74, 6) is -1.06. The molecule has 1 atom stereocenters. The van der Waals surface area contributed by atoms with E-state index in [0.29, 0.717) is 45.4 Å². The average molecular weight is 360 g/mol. The third-order valence-corrected chi connectivity index (χ3v) is 6.79. The van der Waals surface area contributed by atoms with E-state index in [-0.39, 0.29) is 24.6 Å². The number of hydrogen-bond acceptors (Lipinski definition) is 6. The van der Waals surface area contributed by atoms with Gasteiger partial charge in [0.2, 0.25) is 0 Å². The lowest BCUT2D eigenvalue weighted by molar-refractivity contribution is -0.164. The van der Waals surface area contributed by atoms with E-state index in [0.717, 1.165) is 0 Å². The fourth-order valence-electron chi connectivity index (χ4n) is 3.64. The van der Waals surface area contributed by atoms with Crippen molar-refractivity contribution < 1.29 is 27.9 Å². The lowest BCUT2D eigenvalue weighted by Crippen LogP contribution is -2.59. The van der Waals surface area contributed by atoms with Gasteiger partial charge in [-0.2, -0.15) is 0 Å². The van der Waals surface area contributed by atoms with Gasteiger partial charge in [-0.05, 0) is 25.7 Å². The minimum absolute atomic E-state index is 0.0568. The minimum atomic E-state index is -3.02. The third-order valence-electron chi connectivity index (χ3n) is 5.14. The Balaban J connectivity index is 1.64. The summed E-state index contributed by atoms with van der Waals surface area (Å²) in [4.78, 5) is 27.8. The summed E-state index contributed by atoms with van der Waals surface area (Å²) in [5.41, 5.74) is -0.652. The topological polar surface area (TPSA) is 104 Å². The van der Waals surface area contributed by atoms with E-state index in [1.165, 1.54) is 9.80 Å². The van der Waals surface area contributed by atoms with Gasteiger partial charge in [-0.3, -0.25) is 9.59 Å². The van der Waals surface area contributed by atoms with Crippen molar-refractivity contribution in [2.45, 2.75) is 37.4 Å². The Hall–Kier alpha value is -1.19. The molecule has 9 heteroatoms. The van der Waals surface area contributed by atoms with E-state index in [1.54, 1.807) is 0 Å². The van der Waals surface area contributed by atoms with Crippen molar-refractivity contribution in [3.8, 4) is 0 Å². The molecule has 2 amide bonds. The van der Waals surface area contributed by atoms with Crippen LogP contribution in [0.2, 0.25) is 0 Å². The zero-order valence-corrected chi connectivity index (χ0v) is 14.5. The van der Waals surface area contributed by atoms with Crippen molar-refractivity contribution in [3.05, 3.63) is 0 Å². The molecule has 24 heavy (non-hydrogen) atoms. The highest BCUT2D eigenvalue weighted by Gasteiger charge is 2.44. The summed E-state index contributed by atoms with van der Waals surface area (Å²) in [7, 11) is -3.02. The van der Waals surface area contributed by atoms with Gasteiger partial charge in [0.15, 0.2) is 9.84 Å². The number of aliphatic hydroxyl groups excluding tert-OH is 1.